The fourth-order valence-corrected chi connectivity index (χ4v) is 2.22. The van der Waals surface area contributed by atoms with Crippen molar-refractivity contribution in [2.75, 3.05) is 10.6 Å². The Labute approximate surface area is 132 Å². The van der Waals surface area contributed by atoms with Crippen LogP contribution in [0.3, 0.4) is 0 Å². The van der Waals surface area contributed by atoms with Crippen LogP contribution in [-0.2, 0) is 6.54 Å². The molecule has 0 radical (unpaired) electrons. The number of para-hydroxylation sites is 1. The van der Waals surface area contributed by atoms with E-state index in [0.717, 1.165) is 0 Å². The Morgan fingerprint density at radius 2 is 2.00 bits per heavy atom. The molecule has 0 atom stereocenters. The minimum absolute atomic E-state index is 0.161. The van der Waals surface area contributed by atoms with Crippen LogP contribution in [0.15, 0.2) is 24.3 Å². The zero-order chi connectivity index (χ0) is 16.3. The molecule has 7 nitrogen and oxygen atoms in total. The van der Waals surface area contributed by atoms with Gasteiger partial charge in [-0.2, -0.15) is 5.10 Å². The molecule has 0 fully saturated rings. The molecule has 0 saturated carbocycles. The van der Waals surface area contributed by atoms with E-state index in [9.17, 15) is 9.59 Å². The zero-order valence-electron chi connectivity index (χ0n) is 12.2. The highest BCUT2D eigenvalue weighted by Gasteiger charge is 2.20. The van der Waals surface area contributed by atoms with E-state index in [2.05, 4.69) is 15.7 Å². The van der Waals surface area contributed by atoms with Gasteiger partial charge in [-0.15, -0.1) is 0 Å². The summed E-state index contributed by atoms with van der Waals surface area (Å²) in [5, 5.41) is 9.79. The molecule has 22 heavy (non-hydrogen) atoms. The molecule has 2 aromatic rings. The van der Waals surface area contributed by atoms with Crippen molar-refractivity contribution in [1.29, 1.82) is 0 Å². The fraction of sp³-hybridized carbons (Fsp3) is 0.214. The number of rotatable bonds is 4. The van der Waals surface area contributed by atoms with E-state index in [4.69, 9.17) is 17.3 Å². The van der Waals surface area contributed by atoms with Gasteiger partial charge in [0.05, 0.1) is 22.1 Å². The first-order valence-corrected chi connectivity index (χ1v) is 7.01. The number of hydrogen-bond acceptors (Lipinski definition) is 3. The van der Waals surface area contributed by atoms with Crippen molar-refractivity contribution >= 4 is 34.9 Å². The van der Waals surface area contributed by atoms with E-state index in [1.807, 2.05) is 6.92 Å². The van der Waals surface area contributed by atoms with Gasteiger partial charge in [0, 0.05) is 6.54 Å². The maximum Gasteiger partial charge on any atom is 0.323 e. The number of aromatic nitrogens is 2. The number of hydrogen-bond donors (Lipinski definition) is 3. The smallest absolute Gasteiger partial charge is 0.323 e. The predicted octanol–water partition coefficient (Wildman–Crippen LogP) is 2.61. The van der Waals surface area contributed by atoms with Crippen LogP contribution in [0.2, 0.25) is 5.02 Å². The first-order chi connectivity index (χ1) is 10.4. The second-order valence-corrected chi connectivity index (χ2v) is 4.96. The Kier molecular flexibility index (Phi) is 4.67. The van der Waals surface area contributed by atoms with E-state index >= 15 is 0 Å². The number of nitrogens with one attached hydrogen (secondary N) is 2. The van der Waals surface area contributed by atoms with Crippen molar-refractivity contribution in [3.8, 4) is 0 Å². The van der Waals surface area contributed by atoms with E-state index < -0.39 is 11.9 Å². The molecule has 1 aromatic carbocycles. The Morgan fingerprint density at radius 1 is 1.32 bits per heavy atom. The summed E-state index contributed by atoms with van der Waals surface area (Å²) in [5.74, 6) is -0.657. The van der Waals surface area contributed by atoms with Crippen molar-refractivity contribution in [2.24, 2.45) is 5.73 Å². The minimum Gasteiger partial charge on any atom is -0.364 e. The van der Waals surface area contributed by atoms with Crippen LogP contribution < -0.4 is 16.4 Å². The highest BCUT2D eigenvalue weighted by Crippen LogP contribution is 2.23. The van der Waals surface area contributed by atoms with Gasteiger partial charge in [-0.3, -0.25) is 9.48 Å². The number of nitrogens with two attached hydrogens (primary N) is 1. The lowest BCUT2D eigenvalue weighted by Crippen LogP contribution is -2.24. The number of carbonyl (C=O) groups excluding carboxylic acids is 2. The third kappa shape index (κ3) is 3.20. The Morgan fingerprint density at radius 3 is 2.59 bits per heavy atom. The number of amides is 3. The Hall–Kier alpha value is -2.54. The van der Waals surface area contributed by atoms with Gasteiger partial charge in [0.25, 0.3) is 5.91 Å². The fourth-order valence-electron chi connectivity index (χ4n) is 2.04. The van der Waals surface area contributed by atoms with Crippen LogP contribution >= 0.6 is 11.6 Å². The van der Waals surface area contributed by atoms with Gasteiger partial charge >= 0.3 is 6.03 Å². The minimum atomic E-state index is -0.657. The second-order valence-electron chi connectivity index (χ2n) is 4.55. The van der Waals surface area contributed by atoms with Gasteiger partial charge in [-0.05, 0) is 26.0 Å². The number of anilines is 2. The van der Waals surface area contributed by atoms with Crippen LogP contribution in [0.25, 0.3) is 0 Å². The quantitative estimate of drug-likeness (QED) is 0.806. The number of nitrogens with zero attached hydrogens (tertiary/aromatic N) is 2. The highest BCUT2D eigenvalue weighted by atomic mass is 35.5. The maximum absolute atomic E-state index is 12.1. The normalized spacial score (nSPS) is 10.3. The molecule has 0 spiro atoms. The summed E-state index contributed by atoms with van der Waals surface area (Å²) >= 11 is 5.98. The predicted molar refractivity (Wildman–Crippen MR) is 85.2 cm³/mol. The summed E-state index contributed by atoms with van der Waals surface area (Å²) in [6.07, 6.45) is 0. The molecule has 0 saturated heterocycles. The van der Waals surface area contributed by atoms with Gasteiger partial charge in [0.15, 0.2) is 0 Å². The van der Waals surface area contributed by atoms with Crippen molar-refractivity contribution in [1.82, 2.24) is 9.78 Å². The summed E-state index contributed by atoms with van der Waals surface area (Å²) in [6.45, 7) is 3.98. The van der Waals surface area contributed by atoms with Crippen LogP contribution in [0.4, 0.5) is 16.2 Å². The summed E-state index contributed by atoms with van der Waals surface area (Å²) in [4.78, 5) is 23.7. The topological polar surface area (TPSA) is 102 Å². The molecule has 1 heterocycles. The average molecular weight is 322 g/mol. The average Bonchev–Trinajstić information content (AvgIpc) is 2.78. The lowest BCUT2D eigenvalue weighted by Gasteiger charge is -2.09. The van der Waals surface area contributed by atoms with Crippen molar-refractivity contribution in [3.63, 3.8) is 0 Å². The molecular weight excluding hydrogens is 306 g/mol. The monoisotopic (exact) mass is 321 g/mol. The van der Waals surface area contributed by atoms with Crippen molar-refractivity contribution in [3.05, 3.63) is 40.7 Å². The largest absolute Gasteiger partial charge is 0.364 e. The van der Waals surface area contributed by atoms with Crippen molar-refractivity contribution < 1.29 is 9.59 Å². The van der Waals surface area contributed by atoms with Gasteiger partial charge in [-0.1, -0.05) is 23.7 Å². The molecule has 8 heteroatoms. The molecule has 0 bridgehead atoms. The number of primary amides is 1. The number of urea groups is 1. The van der Waals surface area contributed by atoms with E-state index in [0.29, 0.717) is 28.6 Å². The lowest BCUT2D eigenvalue weighted by molar-refractivity contribution is 0.0991. The van der Waals surface area contributed by atoms with E-state index in [1.54, 1.807) is 31.2 Å². The lowest BCUT2D eigenvalue weighted by atomic mass is 10.3. The summed E-state index contributed by atoms with van der Waals surface area (Å²) in [5.41, 5.74) is 6.78. The molecule has 116 valence electrons. The zero-order valence-corrected chi connectivity index (χ0v) is 12.9. The van der Waals surface area contributed by atoms with Gasteiger partial charge < -0.3 is 16.4 Å². The van der Waals surface area contributed by atoms with E-state index in [1.165, 1.54) is 4.68 Å². The number of carbonyl (C=O) groups is 2. The van der Waals surface area contributed by atoms with Crippen LogP contribution in [0, 0.1) is 6.92 Å². The van der Waals surface area contributed by atoms with Crippen LogP contribution in [-0.4, -0.2) is 21.7 Å². The molecule has 0 aliphatic carbocycles. The summed E-state index contributed by atoms with van der Waals surface area (Å²) in [6, 6.07) is 6.29. The molecule has 0 aliphatic heterocycles. The summed E-state index contributed by atoms with van der Waals surface area (Å²) in [7, 11) is 0. The van der Waals surface area contributed by atoms with Crippen molar-refractivity contribution in [2.45, 2.75) is 20.4 Å². The molecule has 4 N–H and O–H groups in total. The standard InChI is InChI=1S/C14H16ClN5O2/c1-3-20-12(13(16)21)11(8(2)19-20)18-14(22)17-10-7-5-4-6-9(10)15/h4-7H,3H2,1-2H3,(H2,16,21)(H2,17,18,22). The van der Waals surface area contributed by atoms with Gasteiger partial charge in [0.1, 0.15) is 5.69 Å². The SMILES string of the molecule is CCn1nc(C)c(NC(=O)Nc2ccccc2Cl)c1C(N)=O. The molecule has 1 aromatic heterocycles. The molecule has 0 aliphatic rings. The Bertz CT molecular complexity index is 726. The van der Waals surface area contributed by atoms with E-state index in [-0.39, 0.29) is 5.69 Å². The third-order valence-corrected chi connectivity index (χ3v) is 3.35. The summed E-state index contributed by atoms with van der Waals surface area (Å²) < 4.78 is 1.45. The van der Waals surface area contributed by atoms with Gasteiger partial charge in [-0.25, -0.2) is 4.79 Å². The third-order valence-electron chi connectivity index (χ3n) is 3.02. The first-order valence-electron chi connectivity index (χ1n) is 6.63. The van der Waals surface area contributed by atoms with Crippen LogP contribution in [0.5, 0.6) is 0 Å². The Balaban J connectivity index is 2.24. The molecule has 2 rings (SSSR count). The number of benzene rings is 1. The maximum atomic E-state index is 12.1. The number of aryl methyl sites for hydroxylation is 2. The second kappa shape index (κ2) is 6.48. The first kappa shape index (κ1) is 15.8. The number of halogens is 1. The molecular formula is C14H16ClN5O2. The van der Waals surface area contributed by atoms with Crippen LogP contribution in [0.1, 0.15) is 23.1 Å². The molecule has 3 amide bonds. The highest BCUT2D eigenvalue weighted by molar-refractivity contribution is 6.33. The van der Waals surface area contributed by atoms with Gasteiger partial charge in [0.2, 0.25) is 0 Å². The molecule has 0 unspecified atom stereocenters.